The first-order valence-electron chi connectivity index (χ1n) is 11.6. The molecular weight excluding hydrogens is 635 g/mol. The van der Waals surface area contributed by atoms with E-state index in [0.29, 0.717) is 11.1 Å². The fraction of sp³-hybridized carbons (Fsp3) is 0.0938. The zero-order valence-electron chi connectivity index (χ0n) is 20.7. The maximum Gasteiger partial charge on any atom is 0.138 e. The minimum absolute atomic E-state index is 0. The van der Waals surface area contributed by atoms with Crippen LogP contribution >= 0.6 is 0 Å². The van der Waals surface area contributed by atoms with Crippen LogP contribution in [-0.2, 0) is 20.1 Å². The Morgan fingerprint density at radius 2 is 1.57 bits per heavy atom. The molecule has 0 aliphatic heterocycles. The molecule has 1 radical (unpaired) electrons. The predicted octanol–water partition coefficient (Wildman–Crippen LogP) is 7.79. The summed E-state index contributed by atoms with van der Waals surface area (Å²) in [6, 6.07) is 32.1. The Bertz CT molecular complexity index is 1720. The monoisotopic (exact) mass is 658 g/mol. The summed E-state index contributed by atoms with van der Waals surface area (Å²) in [5, 5.41) is 11.3. The second-order valence-corrected chi connectivity index (χ2v) is 8.59. The van der Waals surface area contributed by atoms with E-state index in [4.69, 9.17) is 4.42 Å². The zero-order valence-corrected chi connectivity index (χ0v) is 23.1. The number of rotatable bonds is 2. The summed E-state index contributed by atoms with van der Waals surface area (Å²) in [5.41, 5.74) is 9.02. The van der Waals surface area contributed by atoms with E-state index in [0.717, 1.165) is 44.4 Å². The number of aromatic nitrogens is 2. The van der Waals surface area contributed by atoms with Crippen LogP contribution in [0.15, 0.2) is 89.6 Å². The topological polar surface area (TPSA) is 62.7 Å². The summed E-state index contributed by atoms with van der Waals surface area (Å²) in [6.07, 6.45) is 3.65. The van der Waals surface area contributed by atoms with Crippen molar-refractivity contribution in [2.45, 2.75) is 20.8 Å². The molecule has 5 heteroatoms. The van der Waals surface area contributed by atoms with Gasteiger partial charge in [-0.25, -0.2) is 0 Å². The normalized spacial score (nSPS) is 10.3. The molecule has 0 N–H and O–H groups in total. The number of fused-ring (bicyclic) bond motifs is 3. The van der Waals surface area contributed by atoms with Crippen LogP contribution in [0.3, 0.4) is 0 Å². The maximum atomic E-state index is 9.40. The van der Waals surface area contributed by atoms with Crippen molar-refractivity contribution in [3.63, 3.8) is 0 Å². The summed E-state index contributed by atoms with van der Waals surface area (Å²) in [7, 11) is 0. The Labute approximate surface area is 230 Å². The van der Waals surface area contributed by atoms with Crippen molar-refractivity contribution in [1.82, 2.24) is 9.97 Å². The zero-order chi connectivity index (χ0) is 25.1. The molecule has 4 nitrogen and oxygen atoms in total. The molecule has 183 valence electrons. The van der Waals surface area contributed by atoms with Crippen molar-refractivity contribution in [2.24, 2.45) is 0 Å². The number of nitrogens with zero attached hydrogens (tertiary/aromatic N) is 3. The van der Waals surface area contributed by atoms with Crippen LogP contribution in [0, 0.1) is 44.2 Å². The van der Waals surface area contributed by atoms with Crippen molar-refractivity contribution in [1.29, 1.82) is 5.26 Å². The first-order chi connectivity index (χ1) is 17.6. The van der Waals surface area contributed by atoms with Crippen molar-refractivity contribution in [3.8, 4) is 28.6 Å². The number of hydrogen-bond acceptors (Lipinski definition) is 4. The first-order valence-corrected chi connectivity index (χ1v) is 11.6. The van der Waals surface area contributed by atoms with Crippen LogP contribution in [-0.4, -0.2) is 9.97 Å². The molecule has 3 aromatic carbocycles. The maximum absolute atomic E-state index is 9.40. The van der Waals surface area contributed by atoms with Gasteiger partial charge in [-0.05, 0) is 49.4 Å². The van der Waals surface area contributed by atoms with Crippen molar-refractivity contribution in [2.75, 3.05) is 0 Å². The average Bonchev–Trinajstić information content (AvgIpc) is 3.30. The van der Waals surface area contributed by atoms with Crippen LogP contribution in [0.2, 0.25) is 0 Å². The van der Waals surface area contributed by atoms with Gasteiger partial charge < -0.3 is 14.4 Å². The predicted molar refractivity (Wildman–Crippen MR) is 143 cm³/mol. The smallest absolute Gasteiger partial charge is 0.138 e. The minimum Gasteiger partial charge on any atom is -0.499 e. The Morgan fingerprint density at radius 1 is 0.757 bits per heavy atom. The Kier molecular flexibility index (Phi) is 7.94. The van der Waals surface area contributed by atoms with Crippen LogP contribution in [0.1, 0.15) is 22.3 Å². The third kappa shape index (κ3) is 5.22. The summed E-state index contributed by atoms with van der Waals surface area (Å²) < 4.78 is 6.05. The molecule has 0 bridgehead atoms. The van der Waals surface area contributed by atoms with E-state index in [1.165, 1.54) is 11.1 Å². The molecule has 0 atom stereocenters. The van der Waals surface area contributed by atoms with Gasteiger partial charge in [-0.2, -0.15) is 5.26 Å². The number of nitriles is 1. The van der Waals surface area contributed by atoms with Gasteiger partial charge in [0.25, 0.3) is 0 Å². The van der Waals surface area contributed by atoms with Crippen LogP contribution < -0.4 is 0 Å². The van der Waals surface area contributed by atoms with Gasteiger partial charge >= 0.3 is 0 Å². The molecule has 0 aliphatic rings. The fourth-order valence-corrected chi connectivity index (χ4v) is 4.07. The quantitative estimate of drug-likeness (QED) is 0.179. The third-order valence-corrected chi connectivity index (χ3v) is 6.20. The largest absolute Gasteiger partial charge is 0.499 e. The number of aryl methyl sites for hydroxylation is 3. The molecule has 0 aliphatic carbocycles. The molecule has 0 amide bonds. The van der Waals surface area contributed by atoms with Gasteiger partial charge in [0.15, 0.2) is 0 Å². The third-order valence-electron chi connectivity index (χ3n) is 6.20. The minimum atomic E-state index is 0. The van der Waals surface area contributed by atoms with E-state index in [9.17, 15) is 5.26 Å². The molecular formula is C32H23IrN3O-2. The van der Waals surface area contributed by atoms with E-state index in [1.54, 1.807) is 6.20 Å². The standard InChI is InChI=1S/C19H11N2O.C13H12N.Ir/c1-12-8-9-14-13-5-4-6-15(17-7-2-3-10-21-17)18(13)22-19(14)16(12)11-20;1-10-8-13(14-9-11(10)2)12-6-4-3-5-7-12;/h2-5,7-10H,1H3;3-6,8-9H,1-2H3;/q2*-1;. The SMILES string of the molecule is Cc1ccc2c(oc3c(-c4ccccn4)[c-]ccc32)c1C#N.Cc1cnc(-c2[c-]cccc2)cc1C.[Ir]. The number of furan rings is 1. The summed E-state index contributed by atoms with van der Waals surface area (Å²) in [4.78, 5) is 8.75. The van der Waals surface area contributed by atoms with Gasteiger partial charge in [0, 0.05) is 37.9 Å². The van der Waals surface area contributed by atoms with E-state index in [2.05, 4.69) is 48.1 Å². The van der Waals surface area contributed by atoms with Gasteiger partial charge in [-0.1, -0.05) is 46.8 Å². The molecule has 0 saturated heterocycles. The molecule has 3 aromatic heterocycles. The van der Waals surface area contributed by atoms with E-state index in [1.807, 2.05) is 79.9 Å². The Morgan fingerprint density at radius 3 is 2.27 bits per heavy atom. The second-order valence-electron chi connectivity index (χ2n) is 8.59. The summed E-state index contributed by atoms with van der Waals surface area (Å²) in [6.45, 7) is 6.08. The molecule has 0 saturated carbocycles. The molecule has 6 aromatic rings. The molecule has 37 heavy (non-hydrogen) atoms. The van der Waals surface area contributed by atoms with Gasteiger partial charge in [-0.3, -0.25) is 0 Å². The van der Waals surface area contributed by atoms with Gasteiger partial charge in [-0.15, -0.1) is 54.1 Å². The second kappa shape index (κ2) is 11.3. The Balaban J connectivity index is 0.000000186. The number of benzene rings is 3. The van der Waals surface area contributed by atoms with Crippen LogP contribution in [0.4, 0.5) is 0 Å². The van der Waals surface area contributed by atoms with E-state index >= 15 is 0 Å². The molecule has 6 rings (SSSR count). The van der Waals surface area contributed by atoms with Gasteiger partial charge in [0.05, 0.1) is 11.1 Å². The van der Waals surface area contributed by atoms with Crippen LogP contribution in [0.5, 0.6) is 0 Å². The van der Waals surface area contributed by atoms with Crippen molar-refractivity contribution in [3.05, 3.63) is 120 Å². The average molecular weight is 658 g/mol. The molecule has 0 unspecified atom stereocenters. The van der Waals surface area contributed by atoms with Crippen molar-refractivity contribution < 1.29 is 24.5 Å². The summed E-state index contributed by atoms with van der Waals surface area (Å²) in [5.74, 6) is 0. The van der Waals surface area contributed by atoms with Crippen molar-refractivity contribution >= 4 is 21.9 Å². The molecule has 0 spiro atoms. The number of pyridine rings is 2. The molecule has 0 fully saturated rings. The van der Waals surface area contributed by atoms with Crippen LogP contribution in [0.25, 0.3) is 44.5 Å². The molecule has 3 heterocycles. The van der Waals surface area contributed by atoms with E-state index < -0.39 is 0 Å². The summed E-state index contributed by atoms with van der Waals surface area (Å²) >= 11 is 0. The van der Waals surface area contributed by atoms with Gasteiger partial charge in [0.2, 0.25) is 0 Å². The first kappa shape index (κ1) is 26.0. The Hall–Kier alpha value is -4.10. The van der Waals surface area contributed by atoms with Gasteiger partial charge in [0.1, 0.15) is 11.7 Å². The van der Waals surface area contributed by atoms with E-state index in [-0.39, 0.29) is 20.1 Å². The number of hydrogen-bond donors (Lipinski definition) is 0. The fourth-order valence-electron chi connectivity index (χ4n) is 4.07.